The second kappa shape index (κ2) is 5.48. The van der Waals surface area contributed by atoms with Crippen molar-refractivity contribution >= 4 is 27.4 Å². The van der Waals surface area contributed by atoms with Crippen LogP contribution >= 0.6 is 11.3 Å². The lowest BCUT2D eigenvalue weighted by Crippen LogP contribution is -2.46. The number of fused-ring (bicyclic) bond motifs is 1. The molecule has 3 aromatic heterocycles. The first kappa shape index (κ1) is 14.3. The van der Waals surface area contributed by atoms with Crippen LogP contribution in [0, 0.1) is 0 Å². The molecule has 1 aliphatic carbocycles. The zero-order chi connectivity index (χ0) is 16.1. The molecule has 1 saturated carbocycles. The van der Waals surface area contributed by atoms with Gasteiger partial charge in [-0.15, -0.1) is 11.3 Å². The Morgan fingerprint density at radius 3 is 2.58 bits per heavy atom. The largest absolute Gasteiger partial charge is 0.354 e. The van der Waals surface area contributed by atoms with Crippen LogP contribution < -0.4 is 4.90 Å². The molecule has 0 spiro atoms. The first-order valence-corrected chi connectivity index (χ1v) is 9.43. The molecule has 0 amide bonds. The topological polar surface area (TPSA) is 54.8 Å². The highest BCUT2D eigenvalue weighted by atomic mass is 32.1. The zero-order valence-electron chi connectivity index (χ0n) is 13.6. The Morgan fingerprint density at radius 2 is 1.88 bits per heavy atom. The van der Waals surface area contributed by atoms with Crippen molar-refractivity contribution in [2.45, 2.75) is 38.0 Å². The fourth-order valence-electron chi connectivity index (χ4n) is 3.32. The van der Waals surface area contributed by atoms with E-state index in [1.54, 1.807) is 17.7 Å². The molecule has 0 aromatic carbocycles. The normalized spacial score (nSPS) is 18.1. The Bertz CT molecular complexity index is 878. The maximum Gasteiger partial charge on any atom is 0.140 e. The quantitative estimate of drug-likeness (QED) is 0.729. The van der Waals surface area contributed by atoms with Crippen LogP contribution in [0.4, 0.5) is 5.82 Å². The van der Waals surface area contributed by atoms with Gasteiger partial charge >= 0.3 is 0 Å². The Morgan fingerprint density at radius 1 is 1.08 bits per heavy atom. The molecule has 0 radical (unpaired) electrons. The van der Waals surface area contributed by atoms with Gasteiger partial charge in [0.2, 0.25) is 0 Å². The predicted molar refractivity (Wildman–Crippen MR) is 95.8 cm³/mol. The fourth-order valence-corrected chi connectivity index (χ4v) is 4.25. The molecule has 5 rings (SSSR count). The third kappa shape index (κ3) is 2.36. The highest BCUT2D eigenvalue weighted by Crippen LogP contribution is 2.40. The van der Waals surface area contributed by atoms with Crippen molar-refractivity contribution in [2.75, 3.05) is 18.0 Å². The summed E-state index contributed by atoms with van der Waals surface area (Å²) in [4.78, 5) is 22.9. The van der Waals surface area contributed by atoms with Crippen molar-refractivity contribution in [3.05, 3.63) is 41.1 Å². The molecule has 0 atom stereocenters. The van der Waals surface area contributed by atoms with Crippen LogP contribution in [0.1, 0.15) is 47.9 Å². The Balaban J connectivity index is 1.34. The number of nitrogens with zero attached hydrogens (tertiary/aromatic N) is 5. The number of hydrogen-bond donors (Lipinski definition) is 0. The van der Waals surface area contributed by atoms with E-state index in [0.29, 0.717) is 5.92 Å². The lowest BCUT2D eigenvalue weighted by Gasteiger charge is -2.39. The van der Waals surface area contributed by atoms with Crippen molar-refractivity contribution < 1.29 is 0 Å². The van der Waals surface area contributed by atoms with Crippen LogP contribution in [0.25, 0.3) is 10.2 Å². The Labute approximate surface area is 144 Å². The summed E-state index contributed by atoms with van der Waals surface area (Å²) in [5, 5.41) is 1.18. The average molecular weight is 337 g/mol. The summed E-state index contributed by atoms with van der Waals surface area (Å²) in [7, 11) is 0. The van der Waals surface area contributed by atoms with Crippen molar-refractivity contribution in [3.8, 4) is 0 Å². The van der Waals surface area contributed by atoms with Crippen LogP contribution in [0.3, 0.4) is 0 Å². The molecule has 0 bridgehead atoms. The highest BCUT2D eigenvalue weighted by molar-refractivity contribution is 7.18. The van der Waals surface area contributed by atoms with Crippen LogP contribution in [0.5, 0.6) is 0 Å². The first-order valence-electron chi connectivity index (χ1n) is 8.62. The van der Waals surface area contributed by atoms with Gasteiger partial charge in [-0.2, -0.15) is 0 Å². The molecule has 1 saturated heterocycles. The van der Waals surface area contributed by atoms with Crippen molar-refractivity contribution in [2.24, 2.45) is 0 Å². The molecular formula is C18H19N5S. The first-order chi connectivity index (χ1) is 11.8. The van der Waals surface area contributed by atoms with Crippen LogP contribution in [0.15, 0.2) is 24.8 Å². The van der Waals surface area contributed by atoms with Gasteiger partial charge in [0.05, 0.1) is 11.3 Å². The average Bonchev–Trinajstić information content (AvgIpc) is 3.33. The summed E-state index contributed by atoms with van der Waals surface area (Å²) in [6.07, 6.45) is 9.37. The molecule has 122 valence electrons. The second-order valence-electron chi connectivity index (χ2n) is 6.73. The molecule has 4 heterocycles. The van der Waals surface area contributed by atoms with E-state index in [-0.39, 0.29) is 0 Å². The number of rotatable bonds is 4. The van der Waals surface area contributed by atoms with Gasteiger partial charge in [0.15, 0.2) is 0 Å². The van der Waals surface area contributed by atoms with Gasteiger partial charge in [0.1, 0.15) is 22.8 Å². The zero-order valence-corrected chi connectivity index (χ0v) is 14.5. The SMILES string of the molecule is CCc1cc2c(N3CC(c4ncc(C5CC5)cn4)C3)ncnc2s1. The Kier molecular flexibility index (Phi) is 3.26. The summed E-state index contributed by atoms with van der Waals surface area (Å²) >= 11 is 1.77. The minimum Gasteiger partial charge on any atom is -0.354 e. The van der Waals surface area contributed by atoms with E-state index in [4.69, 9.17) is 0 Å². The number of thiophene rings is 1. The molecule has 0 N–H and O–H groups in total. The minimum absolute atomic E-state index is 0.410. The molecule has 24 heavy (non-hydrogen) atoms. The smallest absolute Gasteiger partial charge is 0.140 e. The number of hydrogen-bond acceptors (Lipinski definition) is 6. The fraction of sp³-hybridized carbons (Fsp3) is 0.444. The van der Waals surface area contributed by atoms with Crippen molar-refractivity contribution in [3.63, 3.8) is 0 Å². The molecule has 0 unspecified atom stereocenters. The predicted octanol–water partition coefficient (Wildman–Crippen LogP) is 3.52. The van der Waals surface area contributed by atoms with E-state index in [0.717, 1.165) is 41.9 Å². The molecular weight excluding hydrogens is 318 g/mol. The van der Waals surface area contributed by atoms with E-state index in [9.17, 15) is 0 Å². The van der Waals surface area contributed by atoms with E-state index in [2.05, 4.69) is 37.8 Å². The molecule has 6 heteroatoms. The van der Waals surface area contributed by atoms with Gasteiger partial charge in [-0.05, 0) is 36.8 Å². The van der Waals surface area contributed by atoms with Crippen LogP contribution in [0.2, 0.25) is 0 Å². The van der Waals surface area contributed by atoms with E-state index >= 15 is 0 Å². The number of aryl methyl sites for hydroxylation is 1. The molecule has 5 nitrogen and oxygen atoms in total. The molecule has 2 fully saturated rings. The summed E-state index contributed by atoms with van der Waals surface area (Å²) in [5.74, 6) is 3.16. The number of anilines is 1. The highest BCUT2D eigenvalue weighted by Gasteiger charge is 2.33. The van der Waals surface area contributed by atoms with Crippen LogP contribution in [-0.4, -0.2) is 33.0 Å². The summed E-state index contributed by atoms with van der Waals surface area (Å²) in [6.45, 7) is 4.05. The molecule has 3 aromatic rings. The summed E-state index contributed by atoms with van der Waals surface area (Å²) < 4.78 is 0. The van der Waals surface area contributed by atoms with E-state index < -0.39 is 0 Å². The standard InChI is InChI=1S/C18H19N5S/c1-2-14-5-15-17(21-10-22-18(15)24-14)23-8-13(9-23)16-19-6-12(7-20-16)11-3-4-11/h5-7,10-11,13H,2-4,8-9H2,1H3. The minimum atomic E-state index is 0.410. The maximum absolute atomic E-state index is 4.60. The van der Waals surface area contributed by atoms with Crippen LogP contribution in [-0.2, 0) is 6.42 Å². The van der Waals surface area contributed by atoms with Gasteiger partial charge in [-0.25, -0.2) is 19.9 Å². The third-order valence-electron chi connectivity index (χ3n) is 4.99. The van der Waals surface area contributed by atoms with Crippen molar-refractivity contribution in [1.29, 1.82) is 0 Å². The summed E-state index contributed by atoms with van der Waals surface area (Å²) in [5.41, 5.74) is 1.30. The molecule has 2 aliphatic rings. The third-order valence-corrected chi connectivity index (χ3v) is 6.18. The van der Waals surface area contributed by atoms with E-state index in [1.807, 2.05) is 12.4 Å². The van der Waals surface area contributed by atoms with Gasteiger partial charge in [0.25, 0.3) is 0 Å². The van der Waals surface area contributed by atoms with E-state index in [1.165, 1.54) is 28.7 Å². The van der Waals surface area contributed by atoms with Gasteiger partial charge in [-0.1, -0.05) is 6.92 Å². The number of aromatic nitrogens is 4. The lowest BCUT2D eigenvalue weighted by atomic mass is 9.98. The van der Waals surface area contributed by atoms with Gasteiger partial charge < -0.3 is 4.90 Å². The maximum atomic E-state index is 4.60. The lowest BCUT2D eigenvalue weighted by molar-refractivity contribution is 0.497. The van der Waals surface area contributed by atoms with Gasteiger partial charge in [0, 0.05) is 30.4 Å². The summed E-state index contributed by atoms with van der Waals surface area (Å²) in [6, 6.07) is 2.24. The molecule has 1 aliphatic heterocycles. The van der Waals surface area contributed by atoms with Gasteiger partial charge in [-0.3, -0.25) is 0 Å². The second-order valence-corrected chi connectivity index (χ2v) is 7.85. The van der Waals surface area contributed by atoms with Crippen molar-refractivity contribution in [1.82, 2.24) is 19.9 Å². The Hall–Kier alpha value is -2.08. The monoisotopic (exact) mass is 337 g/mol.